The minimum absolute atomic E-state index is 0.0453. The fraction of sp³-hybridized carbons (Fsp3) is 0.333. The van der Waals surface area contributed by atoms with Gasteiger partial charge in [-0.1, -0.05) is 13.0 Å². The first-order valence-corrected chi connectivity index (χ1v) is 6.95. The molecule has 0 aromatic heterocycles. The topological polar surface area (TPSA) is 102 Å². The van der Waals surface area contributed by atoms with E-state index in [-0.39, 0.29) is 11.3 Å². The van der Waals surface area contributed by atoms with Crippen molar-refractivity contribution in [2.75, 3.05) is 12.4 Å². The van der Waals surface area contributed by atoms with Crippen molar-refractivity contribution in [1.29, 1.82) is 5.26 Å². The highest BCUT2D eigenvalue weighted by atomic mass is 16.2. The standard InChI is InChI=1S/C15H16N6O/c1-15-6-9-5-10(19-14(17-2)18-8-16)3-4-11(9)13(15)21-20-12(22)7-15/h3-5H,6-7H2,1-2H3,(H,20,22)(H2,17,18,19). The summed E-state index contributed by atoms with van der Waals surface area (Å²) in [7, 11) is 1.60. The second-order valence-electron chi connectivity index (χ2n) is 5.72. The first-order valence-electron chi connectivity index (χ1n) is 6.95. The zero-order valence-electron chi connectivity index (χ0n) is 12.4. The van der Waals surface area contributed by atoms with E-state index in [0.717, 1.165) is 28.9 Å². The third-order valence-corrected chi connectivity index (χ3v) is 4.02. The second-order valence-corrected chi connectivity index (χ2v) is 5.72. The summed E-state index contributed by atoms with van der Waals surface area (Å²) in [5.74, 6) is 0.342. The normalized spacial score (nSPS) is 22.9. The molecule has 1 atom stereocenters. The molecule has 0 bridgehead atoms. The van der Waals surface area contributed by atoms with E-state index in [2.05, 4.69) is 33.1 Å². The van der Waals surface area contributed by atoms with Crippen molar-refractivity contribution >= 4 is 23.3 Å². The lowest BCUT2D eigenvalue weighted by Crippen LogP contribution is -2.38. The molecule has 0 fully saturated rings. The van der Waals surface area contributed by atoms with Gasteiger partial charge >= 0.3 is 0 Å². The van der Waals surface area contributed by atoms with Crippen molar-refractivity contribution < 1.29 is 4.79 Å². The molecule has 0 spiro atoms. The van der Waals surface area contributed by atoms with E-state index in [1.54, 1.807) is 7.05 Å². The predicted octanol–water partition coefficient (Wildman–Crippen LogP) is 0.941. The van der Waals surface area contributed by atoms with E-state index in [1.807, 2.05) is 24.4 Å². The van der Waals surface area contributed by atoms with Crippen molar-refractivity contribution in [3.05, 3.63) is 29.3 Å². The monoisotopic (exact) mass is 296 g/mol. The highest BCUT2D eigenvalue weighted by Gasteiger charge is 2.43. The van der Waals surface area contributed by atoms with Gasteiger partial charge in [0.05, 0.1) is 5.71 Å². The van der Waals surface area contributed by atoms with Gasteiger partial charge in [-0.3, -0.25) is 15.1 Å². The van der Waals surface area contributed by atoms with Crippen LogP contribution in [-0.2, 0) is 11.2 Å². The van der Waals surface area contributed by atoms with E-state index in [1.165, 1.54) is 0 Å². The van der Waals surface area contributed by atoms with Crippen LogP contribution in [0.2, 0.25) is 0 Å². The van der Waals surface area contributed by atoms with Crippen molar-refractivity contribution in [3.8, 4) is 6.19 Å². The van der Waals surface area contributed by atoms with E-state index in [9.17, 15) is 4.79 Å². The number of fused-ring (bicyclic) bond motifs is 3. The number of anilines is 1. The number of hydrogen-bond donors (Lipinski definition) is 3. The molecule has 1 aromatic rings. The third-order valence-electron chi connectivity index (χ3n) is 4.02. The summed E-state index contributed by atoms with van der Waals surface area (Å²) in [5, 5.41) is 18.4. The molecule has 1 amide bonds. The second kappa shape index (κ2) is 5.15. The lowest BCUT2D eigenvalue weighted by atomic mass is 9.81. The zero-order chi connectivity index (χ0) is 15.7. The summed E-state index contributed by atoms with van der Waals surface area (Å²) in [6.45, 7) is 2.06. The molecule has 3 N–H and O–H groups in total. The minimum Gasteiger partial charge on any atom is -0.326 e. The van der Waals surface area contributed by atoms with Gasteiger partial charge < -0.3 is 5.32 Å². The Kier molecular flexibility index (Phi) is 3.29. The number of nitrogens with one attached hydrogen (secondary N) is 3. The minimum atomic E-state index is -0.240. The first kappa shape index (κ1) is 14.1. The molecule has 22 heavy (non-hydrogen) atoms. The van der Waals surface area contributed by atoms with Gasteiger partial charge in [-0.25, -0.2) is 5.43 Å². The Morgan fingerprint density at radius 3 is 3.05 bits per heavy atom. The Bertz CT molecular complexity index is 745. The Hall–Kier alpha value is -2.88. The van der Waals surface area contributed by atoms with E-state index < -0.39 is 0 Å². The number of carbonyl (C=O) groups excluding carboxylic acids is 1. The van der Waals surface area contributed by atoms with Crippen LogP contribution in [0.4, 0.5) is 5.69 Å². The largest absolute Gasteiger partial charge is 0.326 e. The summed E-state index contributed by atoms with van der Waals surface area (Å²) in [6.07, 6.45) is 3.05. The molecule has 0 saturated heterocycles. The summed E-state index contributed by atoms with van der Waals surface area (Å²) in [6, 6.07) is 5.91. The van der Waals surface area contributed by atoms with E-state index in [4.69, 9.17) is 5.26 Å². The Morgan fingerprint density at radius 2 is 2.32 bits per heavy atom. The Labute approximate surface area is 128 Å². The molecule has 2 aliphatic rings. The molecule has 0 saturated carbocycles. The zero-order valence-corrected chi connectivity index (χ0v) is 12.4. The van der Waals surface area contributed by atoms with Crippen LogP contribution in [0.1, 0.15) is 24.5 Å². The first-order chi connectivity index (χ1) is 10.6. The Balaban J connectivity index is 1.90. The fourth-order valence-corrected chi connectivity index (χ4v) is 3.06. The van der Waals surface area contributed by atoms with Gasteiger partial charge in [-0.05, 0) is 24.1 Å². The van der Waals surface area contributed by atoms with Crippen LogP contribution in [0.5, 0.6) is 0 Å². The smallest absolute Gasteiger partial charge is 0.241 e. The molecule has 1 heterocycles. The number of nitriles is 1. The molecule has 1 unspecified atom stereocenters. The highest BCUT2D eigenvalue weighted by Crippen LogP contribution is 2.42. The summed E-state index contributed by atoms with van der Waals surface area (Å²) in [5.41, 5.74) is 6.30. The number of hydrazone groups is 1. The van der Waals surface area contributed by atoms with Crippen LogP contribution < -0.4 is 16.1 Å². The van der Waals surface area contributed by atoms with Gasteiger partial charge in [0.2, 0.25) is 11.9 Å². The average Bonchev–Trinajstić information content (AvgIpc) is 2.76. The maximum Gasteiger partial charge on any atom is 0.241 e. The van der Waals surface area contributed by atoms with Gasteiger partial charge in [0.15, 0.2) is 6.19 Å². The molecular weight excluding hydrogens is 280 g/mol. The number of nitrogens with zero attached hydrogens (tertiary/aromatic N) is 3. The number of carbonyl (C=O) groups is 1. The molecule has 1 aromatic carbocycles. The van der Waals surface area contributed by atoms with Crippen LogP contribution in [0.25, 0.3) is 0 Å². The SMILES string of the molecule is CN=C(NC#N)Nc1ccc2c(c1)CC1(C)CC(=O)NN=C21. The van der Waals surface area contributed by atoms with Crippen LogP contribution in [0.15, 0.2) is 28.3 Å². The number of rotatable bonds is 1. The predicted molar refractivity (Wildman–Crippen MR) is 83.3 cm³/mol. The van der Waals surface area contributed by atoms with E-state index in [0.29, 0.717) is 12.4 Å². The molecule has 7 heteroatoms. The molecule has 112 valence electrons. The van der Waals surface area contributed by atoms with Crippen molar-refractivity contribution in [1.82, 2.24) is 10.7 Å². The molecule has 1 aliphatic carbocycles. The van der Waals surface area contributed by atoms with E-state index >= 15 is 0 Å². The van der Waals surface area contributed by atoms with Gasteiger partial charge in [-0.15, -0.1) is 0 Å². The molecular formula is C15H16N6O. The van der Waals surface area contributed by atoms with Crippen molar-refractivity contribution in [2.45, 2.75) is 19.8 Å². The summed E-state index contributed by atoms with van der Waals surface area (Å²) >= 11 is 0. The molecule has 3 rings (SSSR count). The number of aliphatic imine (C=N–C) groups is 1. The summed E-state index contributed by atoms with van der Waals surface area (Å²) < 4.78 is 0. The summed E-state index contributed by atoms with van der Waals surface area (Å²) in [4.78, 5) is 15.6. The van der Waals surface area contributed by atoms with Crippen LogP contribution in [-0.4, -0.2) is 24.6 Å². The van der Waals surface area contributed by atoms with Crippen LogP contribution >= 0.6 is 0 Å². The Morgan fingerprint density at radius 1 is 1.50 bits per heavy atom. The number of amides is 1. The fourth-order valence-electron chi connectivity index (χ4n) is 3.06. The lowest BCUT2D eigenvalue weighted by molar-refractivity contribution is -0.122. The van der Waals surface area contributed by atoms with Crippen LogP contribution in [0, 0.1) is 16.9 Å². The van der Waals surface area contributed by atoms with Crippen molar-refractivity contribution in [3.63, 3.8) is 0 Å². The third kappa shape index (κ3) is 2.29. The lowest BCUT2D eigenvalue weighted by Gasteiger charge is -2.27. The molecule has 0 radical (unpaired) electrons. The number of guanidine groups is 1. The van der Waals surface area contributed by atoms with Gasteiger partial charge in [0.25, 0.3) is 0 Å². The van der Waals surface area contributed by atoms with Crippen LogP contribution in [0.3, 0.4) is 0 Å². The average molecular weight is 296 g/mol. The quantitative estimate of drug-likeness (QED) is 0.311. The maximum absolute atomic E-state index is 11.6. The van der Waals surface area contributed by atoms with Gasteiger partial charge in [-0.2, -0.15) is 10.4 Å². The van der Waals surface area contributed by atoms with Gasteiger partial charge in [0, 0.05) is 30.1 Å². The van der Waals surface area contributed by atoms with Crippen molar-refractivity contribution in [2.24, 2.45) is 15.5 Å². The van der Waals surface area contributed by atoms with Gasteiger partial charge in [0.1, 0.15) is 0 Å². The molecule has 1 aliphatic heterocycles. The number of benzene rings is 1. The maximum atomic E-state index is 11.6. The number of hydrogen-bond acceptors (Lipinski definition) is 4. The highest BCUT2D eigenvalue weighted by molar-refractivity contribution is 6.12. The molecule has 7 nitrogen and oxygen atoms in total.